The highest BCUT2D eigenvalue weighted by atomic mass is 35.5. The molecule has 19 heavy (non-hydrogen) atoms. The molecule has 2 atom stereocenters. The van der Waals surface area contributed by atoms with Crippen LogP contribution < -0.4 is 0 Å². The number of benzene rings is 1. The molecule has 0 saturated carbocycles. The molecule has 0 bridgehead atoms. The minimum Gasteiger partial charge on any atom is -0.118 e. The van der Waals surface area contributed by atoms with Gasteiger partial charge in [0.1, 0.15) is 0 Å². The van der Waals surface area contributed by atoms with Crippen molar-refractivity contribution < 1.29 is 0 Å². The third kappa shape index (κ3) is 5.57. The minimum absolute atomic E-state index is 0.134. The molecular formula is C18H29Cl. The lowest BCUT2D eigenvalue weighted by atomic mass is 9.79. The Morgan fingerprint density at radius 3 is 2.16 bits per heavy atom. The molecule has 2 unspecified atom stereocenters. The molecule has 0 aliphatic carbocycles. The molecule has 1 heteroatoms. The van der Waals surface area contributed by atoms with Crippen molar-refractivity contribution in [3.63, 3.8) is 0 Å². The minimum atomic E-state index is 0.134. The number of halogens is 1. The summed E-state index contributed by atoms with van der Waals surface area (Å²) in [5, 5.41) is 0.134. The highest BCUT2D eigenvalue weighted by Gasteiger charge is 2.23. The van der Waals surface area contributed by atoms with E-state index in [2.05, 4.69) is 58.9 Å². The number of alkyl halides is 1. The van der Waals surface area contributed by atoms with Crippen LogP contribution in [0, 0.1) is 11.3 Å². The molecule has 0 saturated heterocycles. The standard InChI is InChI=1S/C18H29Cl/c1-6-7-8-15-9-11-16(12-10-15)17(19)13-14(2)18(3,4)5/h9-12,14,17H,6-8,13H2,1-5H3. The lowest BCUT2D eigenvalue weighted by Gasteiger charge is -2.29. The highest BCUT2D eigenvalue weighted by Crippen LogP contribution is 2.36. The Morgan fingerprint density at radius 2 is 1.68 bits per heavy atom. The monoisotopic (exact) mass is 280 g/mol. The largest absolute Gasteiger partial charge is 0.118 e. The molecule has 1 aromatic rings. The molecule has 0 fully saturated rings. The summed E-state index contributed by atoms with van der Waals surface area (Å²) in [5.74, 6) is 0.620. The maximum Gasteiger partial charge on any atom is 0.0588 e. The molecule has 108 valence electrons. The molecule has 0 aliphatic heterocycles. The van der Waals surface area contributed by atoms with E-state index >= 15 is 0 Å². The average molecular weight is 281 g/mol. The summed E-state index contributed by atoms with van der Waals surface area (Å²) in [7, 11) is 0. The van der Waals surface area contributed by atoms with Crippen molar-refractivity contribution >= 4 is 11.6 Å². The molecule has 0 aromatic heterocycles. The van der Waals surface area contributed by atoms with E-state index in [0.717, 1.165) is 6.42 Å². The molecule has 0 nitrogen and oxygen atoms in total. The fraction of sp³-hybridized carbons (Fsp3) is 0.667. The van der Waals surface area contributed by atoms with Gasteiger partial charge in [-0.3, -0.25) is 0 Å². The van der Waals surface area contributed by atoms with Crippen LogP contribution >= 0.6 is 11.6 Å². The molecule has 0 amide bonds. The van der Waals surface area contributed by atoms with E-state index < -0.39 is 0 Å². The number of rotatable bonds is 6. The summed E-state index contributed by atoms with van der Waals surface area (Å²) >= 11 is 6.56. The van der Waals surface area contributed by atoms with Gasteiger partial charge in [0.15, 0.2) is 0 Å². The third-order valence-corrected chi connectivity index (χ3v) is 4.63. The second kappa shape index (κ2) is 7.33. The molecule has 0 aliphatic rings. The van der Waals surface area contributed by atoms with Crippen LogP contribution in [0.5, 0.6) is 0 Å². The van der Waals surface area contributed by atoms with Gasteiger partial charge in [-0.2, -0.15) is 0 Å². The van der Waals surface area contributed by atoms with Crippen LogP contribution in [0.1, 0.15) is 70.4 Å². The summed E-state index contributed by atoms with van der Waals surface area (Å²) in [6.07, 6.45) is 4.75. The maximum absolute atomic E-state index is 6.56. The second-order valence-electron chi connectivity index (χ2n) is 6.82. The van der Waals surface area contributed by atoms with Crippen molar-refractivity contribution in [1.82, 2.24) is 0 Å². The molecule has 1 aromatic carbocycles. The predicted octanol–water partition coefficient (Wildman–Crippen LogP) is 6.38. The number of hydrogen-bond acceptors (Lipinski definition) is 0. The van der Waals surface area contributed by atoms with Crippen LogP contribution in [0.25, 0.3) is 0 Å². The summed E-state index contributed by atoms with van der Waals surface area (Å²) < 4.78 is 0. The van der Waals surface area contributed by atoms with Gasteiger partial charge < -0.3 is 0 Å². The van der Waals surface area contributed by atoms with Crippen molar-refractivity contribution in [2.24, 2.45) is 11.3 Å². The Kier molecular flexibility index (Phi) is 6.39. The van der Waals surface area contributed by atoms with Crippen molar-refractivity contribution in [3.8, 4) is 0 Å². The lowest BCUT2D eigenvalue weighted by Crippen LogP contribution is -2.18. The Bertz CT molecular complexity index is 358. The first kappa shape index (κ1) is 16.6. The number of aryl methyl sites for hydroxylation is 1. The first-order chi connectivity index (χ1) is 8.84. The molecule has 0 heterocycles. The number of unbranched alkanes of at least 4 members (excludes halogenated alkanes) is 1. The average Bonchev–Trinajstić information content (AvgIpc) is 2.35. The third-order valence-electron chi connectivity index (χ3n) is 4.20. The zero-order valence-corrected chi connectivity index (χ0v) is 13.9. The van der Waals surface area contributed by atoms with Gasteiger partial charge in [-0.1, -0.05) is 65.3 Å². The zero-order valence-electron chi connectivity index (χ0n) is 13.2. The van der Waals surface area contributed by atoms with E-state index in [9.17, 15) is 0 Å². The van der Waals surface area contributed by atoms with Crippen molar-refractivity contribution in [3.05, 3.63) is 35.4 Å². The van der Waals surface area contributed by atoms with Crippen LogP contribution in [0.15, 0.2) is 24.3 Å². The molecular weight excluding hydrogens is 252 g/mol. The summed E-state index contributed by atoms with van der Waals surface area (Å²) in [6.45, 7) is 11.4. The van der Waals surface area contributed by atoms with Gasteiger partial charge in [-0.25, -0.2) is 0 Å². The van der Waals surface area contributed by atoms with Crippen LogP contribution in [0.3, 0.4) is 0 Å². The smallest absolute Gasteiger partial charge is 0.0588 e. The van der Waals surface area contributed by atoms with Gasteiger partial charge in [-0.15, -0.1) is 11.6 Å². The molecule has 1 rings (SSSR count). The Hall–Kier alpha value is -0.490. The lowest BCUT2D eigenvalue weighted by molar-refractivity contribution is 0.245. The van der Waals surface area contributed by atoms with Gasteiger partial charge in [0.25, 0.3) is 0 Å². The molecule has 0 radical (unpaired) electrons. The van der Waals surface area contributed by atoms with E-state index in [1.807, 2.05) is 0 Å². The number of hydrogen-bond donors (Lipinski definition) is 0. The molecule has 0 N–H and O–H groups in total. The molecule has 0 spiro atoms. The Labute approximate surface area is 124 Å². The van der Waals surface area contributed by atoms with E-state index in [-0.39, 0.29) is 5.38 Å². The van der Waals surface area contributed by atoms with E-state index in [1.54, 1.807) is 0 Å². The predicted molar refractivity (Wildman–Crippen MR) is 86.9 cm³/mol. The van der Waals surface area contributed by atoms with Gasteiger partial charge in [0.05, 0.1) is 5.38 Å². The maximum atomic E-state index is 6.56. The summed E-state index contributed by atoms with van der Waals surface area (Å²) in [4.78, 5) is 0. The highest BCUT2D eigenvalue weighted by molar-refractivity contribution is 6.20. The normalized spacial score (nSPS) is 15.3. The van der Waals surface area contributed by atoms with Gasteiger partial charge in [0, 0.05) is 0 Å². The van der Waals surface area contributed by atoms with E-state index in [0.29, 0.717) is 11.3 Å². The van der Waals surface area contributed by atoms with Crippen molar-refractivity contribution in [2.75, 3.05) is 0 Å². The van der Waals surface area contributed by atoms with Crippen LogP contribution in [0.2, 0.25) is 0 Å². The topological polar surface area (TPSA) is 0 Å². The van der Waals surface area contributed by atoms with Crippen LogP contribution in [0.4, 0.5) is 0 Å². The van der Waals surface area contributed by atoms with Gasteiger partial charge in [0.2, 0.25) is 0 Å². The van der Waals surface area contributed by atoms with E-state index in [1.165, 1.54) is 30.4 Å². The fourth-order valence-electron chi connectivity index (χ4n) is 2.07. The first-order valence-electron chi connectivity index (χ1n) is 7.57. The van der Waals surface area contributed by atoms with Crippen molar-refractivity contribution in [1.29, 1.82) is 0 Å². The SMILES string of the molecule is CCCCc1ccc(C(Cl)CC(C)C(C)(C)C)cc1. The summed E-state index contributed by atoms with van der Waals surface area (Å²) in [5.41, 5.74) is 3.02. The summed E-state index contributed by atoms with van der Waals surface area (Å²) in [6, 6.07) is 8.89. The zero-order chi connectivity index (χ0) is 14.5. The van der Waals surface area contributed by atoms with Gasteiger partial charge >= 0.3 is 0 Å². The fourth-order valence-corrected chi connectivity index (χ4v) is 2.49. The Morgan fingerprint density at radius 1 is 1.11 bits per heavy atom. The van der Waals surface area contributed by atoms with Gasteiger partial charge in [-0.05, 0) is 41.7 Å². The van der Waals surface area contributed by atoms with E-state index in [4.69, 9.17) is 11.6 Å². The van der Waals surface area contributed by atoms with Crippen molar-refractivity contribution in [2.45, 2.75) is 65.7 Å². The quantitative estimate of drug-likeness (QED) is 0.530. The van der Waals surface area contributed by atoms with Crippen LogP contribution in [-0.2, 0) is 6.42 Å². The Balaban J connectivity index is 2.60. The second-order valence-corrected chi connectivity index (χ2v) is 7.34. The first-order valence-corrected chi connectivity index (χ1v) is 8.01. The van der Waals surface area contributed by atoms with Crippen LogP contribution in [-0.4, -0.2) is 0 Å².